The van der Waals surface area contributed by atoms with E-state index < -0.39 is 0 Å². The summed E-state index contributed by atoms with van der Waals surface area (Å²) in [5, 5.41) is 9.00. The largest absolute Gasteiger partial charge is 0.335 e. The zero-order valence-corrected chi connectivity index (χ0v) is 14.8. The third-order valence-electron chi connectivity index (χ3n) is 5.08. The fourth-order valence-corrected chi connectivity index (χ4v) is 4.40. The summed E-state index contributed by atoms with van der Waals surface area (Å²) in [7, 11) is 0. The number of rotatable bonds is 5. The molecule has 2 aliphatic rings. The van der Waals surface area contributed by atoms with Crippen LogP contribution in [0.25, 0.3) is 0 Å². The van der Waals surface area contributed by atoms with Crippen molar-refractivity contribution < 1.29 is 4.79 Å². The van der Waals surface area contributed by atoms with Crippen molar-refractivity contribution in [1.82, 2.24) is 20.5 Å². The predicted molar refractivity (Wildman–Crippen MR) is 93.6 cm³/mol. The van der Waals surface area contributed by atoms with Crippen LogP contribution in [0.5, 0.6) is 0 Å². The molecule has 2 heterocycles. The summed E-state index contributed by atoms with van der Waals surface area (Å²) in [6.45, 7) is 5.47. The average molecular weight is 337 g/mol. The maximum absolute atomic E-state index is 12.1. The van der Waals surface area contributed by atoms with Crippen molar-refractivity contribution >= 4 is 17.4 Å². The van der Waals surface area contributed by atoms with Gasteiger partial charge in [-0.05, 0) is 38.5 Å². The Morgan fingerprint density at radius 1 is 1.35 bits per heavy atom. The molecule has 1 atom stereocenters. The van der Waals surface area contributed by atoms with E-state index in [9.17, 15) is 4.79 Å². The van der Waals surface area contributed by atoms with Crippen LogP contribution in [0.15, 0.2) is 11.6 Å². The number of thiazole rings is 1. The lowest BCUT2D eigenvalue weighted by molar-refractivity contribution is 0.171. The summed E-state index contributed by atoms with van der Waals surface area (Å²) in [5.74, 6) is 0.918. The molecule has 2 amide bonds. The quantitative estimate of drug-likeness (QED) is 0.868. The van der Waals surface area contributed by atoms with Crippen molar-refractivity contribution in [3.05, 3.63) is 16.6 Å². The van der Waals surface area contributed by atoms with E-state index in [1.54, 1.807) is 17.5 Å². The van der Waals surface area contributed by atoms with Crippen LogP contribution in [0.2, 0.25) is 0 Å². The molecular formula is C17H28N4OS. The molecule has 1 aromatic rings. The minimum atomic E-state index is -0.0676. The van der Waals surface area contributed by atoms with Gasteiger partial charge in [-0.3, -0.25) is 0 Å². The zero-order chi connectivity index (χ0) is 16.1. The van der Waals surface area contributed by atoms with Gasteiger partial charge in [0.05, 0.1) is 6.04 Å². The molecule has 23 heavy (non-hydrogen) atoms. The Hall–Kier alpha value is -1.14. The number of carbonyl (C=O) groups is 1. The molecule has 1 aliphatic carbocycles. The second kappa shape index (κ2) is 8.11. The van der Waals surface area contributed by atoms with Crippen molar-refractivity contribution in [2.24, 2.45) is 5.92 Å². The summed E-state index contributed by atoms with van der Waals surface area (Å²) in [5.41, 5.74) is 0. The maximum Gasteiger partial charge on any atom is 0.315 e. The number of hydrogen-bond donors (Lipinski definition) is 2. The lowest BCUT2D eigenvalue weighted by Gasteiger charge is -2.34. The number of aromatic nitrogens is 1. The first-order valence-electron chi connectivity index (χ1n) is 8.89. The standard InChI is InChI=1S/C17H28N4OS/c1-13(16-18-8-11-23-16)19-17(22)20-15-6-9-21(10-7-15)12-14-4-2-3-5-14/h8,11,13-15H,2-7,9-10,12H2,1H3,(H2,19,20,22). The van der Waals surface area contributed by atoms with Gasteiger partial charge in [0.1, 0.15) is 5.01 Å². The second-order valence-electron chi connectivity index (χ2n) is 6.94. The van der Waals surface area contributed by atoms with Gasteiger partial charge >= 0.3 is 6.03 Å². The van der Waals surface area contributed by atoms with E-state index in [1.165, 1.54) is 32.2 Å². The molecule has 2 N–H and O–H groups in total. The molecule has 0 radical (unpaired) electrons. The molecule has 1 saturated carbocycles. The number of likely N-dealkylation sites (tertiary alicyclic amines) is 1. The Morgan fingerprint density at radius 2 is 2.09 bits per heavy atom. The Bertz CT molecular complexity index is 479. The van der Waals surface area contributed by atoms with Crippen molar-refractivity contribution in [3.63, 3.8) is 0 Å². The van der Waals surface area contributed by atoms with E-state index in [1.807, 2.05) is 12.3 Å². The highest BCUT2D eigenvalue weighted by atomic mass is 32.1. The first-order valence-corrected chi connectivity index (χ1v) is 9.77. The van der Waals surface area contributed by atoms with Gasteiger partial charge in [-0.15, -0.1) is 11.3 Å². The van der Waals surface area contributed by atoms with Gasteiger partial charge in [0.2, 0.25) is 0 Å². The van der Waals surface area contributed by atoms with Gasteiger partial charge in [-0.1, -0.05) is 12.8 Å². The second-order valence-corrected chi connectivity index (χ2v) is 7.86. The highest BCUT2D eigenvalue weighted by Crippen LogP contribution is 2.26. The fourth-order valence-electron chi connectivity index (χ4n) is 3.75. The molecule has 0 bridgehead atoms. The molecule has 0 aromatic carbocycles. The van der Waals surface area contributed by atoms with E-state index >= 15 is 0 Å². The van der Waals surface area contributed by atoms with Crippen LogP contribution in [-0.4, -0.2) is 41.6 Å². The topological polar surface area (TPSA) is 57.3 Å². The molecule has 1 aromatic heterocycles. The van der Waals surface area contributed by atoms with Crippen LogP contribution in [0.4, 0.5) is 4.79 Å². The SMILES string of the molecule is CC(NC(=O)NC1CCN(CC2CCCC2)CC1)c1nccs1. The van der Waals surface area contributed by atoms with Crippen LogP contribution in [0.3, 0.4) is 0 Å². The normalized spacial score (nSPS) is 22.1. The molecule has 2 fully saturated rings. The summed E-state index contributed by atoms with van der Waals surface area (Å²) >= 11 is 1.57. The summed E-state index contributed by atoms with van der Waals surface area (Å²) in [4.78, 5) is 18.9. The lowest BCUT2D eigenvalue weighted by atomic mass is 10.0. The average Bonchev–Trinajstić information content (AvgIpc) is 3.22. The number of hydrogen-bond acceptors (Lipinski definition) is 4. The Kier molecular flexibility index (Phi) is 5.89. The number of carbonyl (C=O) groups excluding carboxylic acids is 1. The molecule has 1 saturated heterocycles. The van der Waals surface area contributed by atoms with Crippen molar-refractivity contribution in [2.45, 2.75) is 57.5 Å². The van der Waals surface area contributed by atoms with Crippen LogP contribution in [-0.2, 0) is 0 Å². The zero-order valence-electron chi connectivity index (χ0n) is 14.0. The minimum absolute atomic E-state index is 0.0301. The monoisotopic (exact) mass is 336 g/mol. The molecule has 5 nitrogen and oxygen atoms in total. The summed E-state index contributed by atoms with van der Waals surface area (Å²) in [6, 6.07) is 0.206. The minimum Gasteiger partial charge on any atom is -0.335 e. The third kappa shape index (κ3) is 4.91. The smallest absolute Gasteiger partial charge is 0.315 e. The highest BCUT2D eigenvalue weighted by Gasteiger charge is 2.24. The lowest BCUT2D eigenvalue weighted by Crippen LogP contribution is -2.48. The van der Waals surface area contributed by atoms with E-state index in [0.29, 0.717) is 6.04 Å². The number of piperidine rings is 1. The number of amides is 2. The maximum atomic E-state index is 12.1. The van der Waals surface area contributed by atoms with Crippen LogP contribution in [0, 0.1) is 5.92 Å². The summed E-state index contributed by atoms with van der Waals surface area (Å²) in [6.07, 6.45) is 9.55. The van der Waals surface area contributed by atoms with Crippen molar-refractivity contribution in [2.75, 3.05) is 19.6 Å². The van der Waals surface area contributed by atoms with E-state index in [2.05, 4.69) is 20.5 Å². The Labute approximate surface area is 142 Å². The van der Waals surface area contributed by atoms with E-state index in [4.69, 9.17) is 0 Å². The van der Waals surface area contributed by atoms with Gasteiger partial charge in [-0.2, -0.15) is 0 Å². The predicted octanol–water partition coefficient (Wildman–Crippen LogP) is 3.16. The van der Waals surface area contributed by atoms with Gasteiger partial charge in [-0.25, -0.2) is 9.78 Å². The molecule has 6 heteroatoms. The molecule has 1 unspecified atom stereocenters. The van der Waals surface area contributed by atoms with Crippen molar-refractivity contribution in [1.29, 1.82) is 0 Å². The number of urea groups is 1. The summed E-state index contributed by atoms with van der Waals surface area (Å²) < 4.78 is 0. The van der Waals surface area contributed by atoms with Gasteiger partial charge in [0.15, 0.2) is 0 Å². The Morgan fingerprint density at radius 3 is 2.74 bits per heavy atom. The van der Waals surface area contributed by atoms with Crippen molar-refractivity contribution in [3.8, 4) is 0 Å². The fraction of sp³-hybridized carbons (Fsp3) is 0.765. The molecule has 128 valence electrons. The van der Waals surface area contributed by atoms with E-state index in [0.717, 1.165) is 36.9 Å². The first kappa shape index (κ1) is 16.7. The number of nitrogens with one attached hydrogen (secondary N) is 2. The van der Waals surface area contributed by atoms with Crippen LogP contribution in [0.1, 0.15) is 56.5 Å². The van der Waals surface area contributed by atoms with E-state index in [-0.39, 0.29) is 12.1 Å². The van der Waals surface area contributed by atoms with Crippen LogP contribution < -0.4 is 10.6 Å². The molecule has 3 rings (SSSR count). The first-order chi connectivity index (χ1) is 11.2. The third-order valence-corrected chi connectivity index (χ3v) is 6.04. The van der Waals surface area contributed by atoms with Gasteiger partial charge < -0.3 is 15.5 Å². The highest BCUT2D eigenvalue weighted by molar-refractivity contribution is 7.09. The molecule has 0 spiro atoms. The molecular weight excluding hydrogens is 308 g/mol. The van der Waals surface area contributed by atoms with Crippen LogP contribution >= 0.6 is 11.3 Å². The van der Waals surface area contributed by atoms with Gasteiger partial charge in [0, 0.05) is 37.3 Å². The number of nitrogens with zero attached hydrogens (tertiary/aromatic N) is 2. The van der Waals surface area contributed by atoms with Gasteiger partial charge in [0.25, 0.3) is 0 Å². The Balaban J connectivity index is 1.35. The molecule has 1 aliphatic heterocycles.